The summed E-state index contributed by atoms with van der Waals surface area (Å²) in [7, 11) is -15.1. The van der Waals surface area contributed by atoms with Crippen LogP contribution in [0.5, 0.6) is 0 Å². The molecule has 2 aliphatic carbocycles. The third kappa shape index (κ3) is 18.3. The molecular weight excluding hydrogens is 1200 g/mol. The Morgan fingerprint density at radius 1 is 0.292 bits per heavy atom. The first-order chi connectivity index (χ1) is 42.2. The highest BCUT2D eigenvalue weighted by molar-refractivity contribution is 7.93. The normalized spacial score (nSPS) is 17.4. The molecule has 0 spiro atoms. The molecule has 0 bridgehead atoms. The molecule has 89 heavy (non-hydrogen) atoms. The summed E-state index contributed by atoms with van der Waals surface area (Å²) in [5.74, 6) is 0. The standard InChI is InChI=1S/2C34H36N4O4S2.H2O/c2*1-25-15-19-29(20-16-25)43(39,40)37-31-11-5-3-9-27(31)23-35-33-13-7-8-14-34(33)36-24-28-10-4-6-12-32(28)38-44(41,42)30-21-17-26(2)18-22-30;/h2*3-6,9-12,15-24,33-34,37-38H,7-8,13-14H2,1-2H3;1H2/t2*33-,34-;/m11./s1. The average molecular weight is 1280 g/mol. The molecule has 0 aliphatic heterocycles. The molecule has 0 amide bonds. The Labute approximate surface area is 523 Å². The third-order valence-corrected chi connectivity index (χ3v) is 20.7. The van der Waals surface area contributed by atoms with Gasteiger partial charge in [-0.15, -0.1) is 0 Å². The van der Waals surface area contributed by atoms with Crippen molar-refractivity contribution in [3.63, 3.8) is 0 Å². The molecule has 21 heteroatoms. The van der Waals surface area contributed by atoms with Gasteiger partial charge in [0, 0.05) is 47.1 Å². The largest absolute Gasteiger partial charge is 0.412 e. The maximum absolute atomic E-state index is 13.0. The average Bonchev–Trinajstić information content (AvgIpc) is 3.43. The van der Waals surface area contributed by atoms with Crippen molar-refractivity contribution in [2.75, 3.05) is 18.9 Å². The van der Waals surface area contributed by atoms with E-state index in [0.717, 1.165) is 73.6 Å². The van der Waals surface area contributed by atoms with Crippen LogP contribution in [-0.4, -0.2) is 88.2 Å². The van der Waals surface area contributed by atoms with E-state index >= 15 is 0 Å². The third-order valence-electron chi connectivity index (χ3n) is 15.2. The van der Waals surface area contributed by atoms with Crippen molar-refractivity contribution in [2.24, 2.45) is 20.0 Å². The number of para-hydroxylation sites is 4. The highest BCUT2D eigenvalue weighted by Crippen LogP contribution is 2.29. The Morgan fingerprint density at radius 2 is 0.472 bits per heavy atom. The lowest BCUT2D eigenvalue weighted by Crippen LogP contribution is -2.27. The van der Waals surface area contributed by atoms with E-state index in [0.29, 0.717) is 45.0 Å². The molecule has 464 valence electrons. The van der Waals surface area contributed by atoms with Gasteiger partial charge < -0.3 is 5.48 Å². The van der Waals surface area contributed by atoms with E-state index in [1.165, 1.54) is 0 Å². The summed E-state index contributed by atoms with van der Waals surface area (Å²) in [6.45, 7) is 7.63. The second-order valence-corrected chi connectivity index (χ2v) is 28.7. The number of nitrogens with one attached hydrogen (secondary N) is 4. The topological polar surface area (TPSA) is 266 Å². The SMILES string of the molecule is Cc1ccc(S(=O)(=O)Nc2ccccc2C=N[C@@H]2CCCC[C@H]2N=Cc2ccccc2NS(=O)(=O)c2ccc(C)cc2)cc1.Cc1ccc(S(=O)(=O)Nc2ccccc2C=N[C@@H]2CCCC[C@H]2N=Cc2ccccc2NS(=O)(=O)c2ccc(C)cc2)cc1.O. The highest BCUT2D eigenvalue weighted by atomic mass is 32.2. The Hall–Kier alpha value is -8.60. The zero-order valence-electron chi connectivity index (χ0n) is 49.9. The molecular formula is C68H74N8O9S4. The summed E-state index contributed by atoms with van der Waals surface area (Å²) in [4.78, 5) is 20.2. The van der Waals surface area contributed by atoms with Gasteiger partial charge in [0.1, 0.15) is 0 Å². The molecule has 8 aromatic carbocycles. The Bertz CT molecular complexity index is 3740. The molecule has 0 unspecified atom stereocenters. The van der Waals surface area contributed by atoms with E-state index in [4.69, 9.17) is 20.0 Å². The van der Waals surface area contributed by atoms with Gasteiger partial charge >= 0.3 is 0 Å². The fourth-order valence-electron chi connectivity index (χ4n) is 10.1. The summed E-state index contributed by atoms with van der Waals surface area (Å²) in [5.41, 5.74) is 8.34. The van der Waals surface area contributed by atoms with Crippen molar-refractivity contribution >= 4 is 87.7 Å². The fourth-order valence-corrected chi connectivity index (χ4v) is 14.4. The molecule has 10 rings (SSSR count). The smallest absolute Gasteiger partial charge is 0.261 e. The molecule has 17 nitrogen and oxygen atoms in total. The van der Waals surface area contributed by atoms with Crippen LogP contribution < -0.4 is 18.9 Å². The lowest BCUT2D eigenvalue weighted by molar-refractivity contribution is 0.390. The predicted octanol–water partition coefficient (Wildman–Crippen LogP) is 12.7. The van der Waals surface area contributed by atoms with Crippen LogP contribution in [0, 0.1) is 27.7 Å². The van der Waals surface area contributed by atoms with Gasteiger partial charge in [-0.25, -0.2) is 33.7 Å². The summed E-state index contributed by atoms with van der Waals surface area (Å²) < 4.78 is 115. The summed E-state index contributed by atoms with van der Waals surface area (Å²) in [6, 6.07) is 55.1. The van der Waals surface area contributed by atoms with Gasteiger partial charge in [0.05, 0.1) is 66.5 Å². The number of anilines is 4. The minimum absolute atomic E-state index is 0. The second kappa shape index (κ2) is 30.1. The predicted molar refractivity (Wildman–Crippen MR) is 360 cm³/mol. The fraction of sp³-hybridized carbons (Fsp3) is 0.235. The van der Waals surface area contributed by atoms with Crippen LogP contribution in [-0.2, 0) is 40.1 Å². The van der Waals surface area contributed by atoms with Crippen molar-refractivity contribution in [3.8, 4) is 0 Å². The van der Waals surface area contributed by atoms with Crippen LogP contribution >= 0.6 is 0 Å². The van der Waals surface area contributed by atoms with E-state index in [2.05, 4.69) is 18.9 Å². The van der Waals surface area contributed by atoms with Gasteiger partial charge in [-0.1, -0.05) is 169 Å². The first kappa shape index (κ1) is 66.4. The molecule has 6 N–H and O–H groups in total. The maximum Gasteiger partial charge on any atom is 0.261 e. The summed E-state index contributed by atoms with van der Waals surface area (Å²) in [5, 5.41) is 0. The van der Waals surface area contributed by atoms with E-state index in [1.807, 2.05) is 76.2 Å². The maximum atomic E-state index is 13.0. The minimum Gasteiger partial charge on any atom is -0.412 e. The van der Waals surface area contributed by atoms with Crippen LogP contribution in [0.4, 0.5) is 22.7 Å². The molecule has 0 radical (unpaired) electrons. The Kier molecular flexibility index (Phi) is 22.4. The Balaban J connectivity index is 0.000000228. The number of aryl methyl sites for hydroxylation is 4. The van der Waals surface area contributed by atoms with E-state index in [1.54, 1.807) is 170 Å². The van der Waals surface area contributed by atoms with Gasteiger partial charge in [0.15, 0.2) is 0 Å². The number of hydrogen-bond donors (Lipinski definition) is 4. The van der Waals surface area contributed by atoms with Crippen molar-refractivity contribution in [1.29, 1.82) is 0 Å². The molecule has 8 aromatic rings. The molecule has 2 saturated carbocycles. The van der Waals surface area contributed by atoms with Crippen molar-refractivity contribution in [1.82, 2.24) is 0 Å². The number of hydrogen-bond acceptors (Lipinski definition) is 12. The Morgan fingerprint density at radius 3 is 0.663 bits per heavy atom. The van der Waals surface area contributed by atoms with Gasteiger partial charge in [-0.05, 0) is 126 Å². The van der Waals surface area contributed by atoms with Crippen LogP contribution in [0.2, 0.25) is 0 Å². The van der Waals surface area contributed by atoms with Crippen molar-refractivity contribution in [3.05, 3.63) is 239 Å². The van der Waals surface area contributed by atoms with Gasteiger partial charge in [-0.2, -0.15) is 0 Å². The van der Waals surface area contributed by atoms with E-state index in [9.17, 15) is 33.7 Å². The first-order valence-electron chi connectivity index (χ1n) is 29.1. The first-order valence-corrected chi connectivity index (χ1v) is 35.0. The summed E-state index contributed by atoms with van der Waals surface area (Å²) in [6.07, 6.45) is 14.3. The zero-order chi connectivity index (χ0) is 62.3. The molecule has 2 fully saturated rings. The van der Waals surface area contributed by atoms with Gasteiger partial charge in [-0.3, -0.25) is 38.9 Å². The molecule has 0 heterocycles. The monoisotopic (exact) mass is 1270 g/mol. The van der Waals surface area contributed by atoms with Crippen LogP contribution in [0.15, 0.2) is 234 Å². The molecule has 0 aromatic heterocycles. The number of nitrogens with zero attached hydrogens (tertiary/aromatic N) is 4. The molecule has 4 atom stereocenters. The van der Waals surface area contributed by atoms with Crippen LogP contribution in [0.1, 0.15) is 95.9 Å². The highest BCUT2D eigenvalue weighted by Gasteiger charge is 2.26. The zero-order valence-corrected chi connectivity index (χ0v) is 53.2. The van der Waals surface area contributed by atoms with E-state index in [-0.39, 0.29) is 49.2 Å². The van der Waals surface area contributed by atoms with Gasteiger partial charge in [0.25, 0.3) is 40.1 Å². The number of rotatable bonds is 20. The molecule has 0 saturated heterocycles. The molecule has 2 aliphatic rings. The van der Waals surface area contributed by atoms with Crippen LogP contribution in [0.25, 0.3) is 0 Å². The number of aliphatic imine (C=N–C) groups is 4. The summed E-state index contributed by atoms with van der Waals surface area (Å²) >= 11 is 0. The number of sulfonamides is 4. The van der Waals surface area contributed by atoms with Crippen molar-refractivity contribution < 1.29 is 39.1 Å². The lowest BCUT2D eigenvalue weighted by Gasteiger charge is -2.25. The van der Waals surface area contributed by atoms with Gasteiger partial charge in [0.2, 0.25) is 0 Å². The lowest BCUT2D eigenvalue weighted by atomic mass is 9.91. The van der Waals surface area contributed by atoms with Crippen molar-refractivity contribution in [2.45, 2.75) is 123 Å². The quantitative estimate of drug-likeness (QED) is 0.0532. The second-order valence-electron chi connectivity index (χ2n) is 22.0. The minimum atomic E-state index is -3.77. The van der Waals surface area contributed by atoms with E-state index < -0.39 is 40.1 Å². The number of benzene rings is 8. The van der Waals surface area contributed by atoms with Crippen LogP contribution in [0.3, 0.4) is 0 Å².